The number of aryl methyl sites for hydroxylation is 1. The number of nitrogens with zero attached hydrogens (tertiary/aromatic N) is 4. The van der Waals surface area contributed by atoms with E-state index in [0.29, 0.717) is 13.0 Å². The van der Waals surface area contributed by atoms with Crippen molar-refractivity contribution in [3.8, 4) is 0 Å². The molecule has 0 radical (unpaired) electrons. The Morgan fingerprint density at radius 1 is 1.30 bits per heavy atom. The van der Waals surface area contributed by atoms with Crippen molar-refractivity contribution < 1.29 is 9.90 Å². The van der Waals surface area contributed by atoms with Gasteiger partial charge in [-0.15, -0.1) is 0 Å². The highest BCUT2D eigenvalue weighted by Gasteiger charge is 2.39. The maximum absolute atomic E-state index is 12.5. The Labute approximate surface area is 138 Å². The van der Waals surface area contributed by atoms with E-state index in [9.17, 15) is 9.90 Å². The molecule has 1 aliphatic carbocycles. The van der Waals surface area contributed by atoms with Crippen molar-refractivity contribution in [1.82, 2.24) is 19.4 Å². The molecule has 6 nitrogen and oxygen atoms in total. The first-order valence-electron chi connectivity index (χ1n) is 8.80. The first-order valence-corrected chi connectivity index (χ1v) is 8.80. The van der Waals surface area contributed by atoms with Crippen LogP contribution in [0.2, 0.25) is 0 Å². The average molecular weight is 320 g/mol. The van der Waals surface area contributed by atoms with Crippen LogP contribution in [0.15, 0.2) is 18.7 Å². The predicted molar refractivity (Wildman–Crippen MR) is 87.9 cm³/mol. The number of hydrogen-bond acceptors (Lipinski definition) is 4. The van der Waals surface area contributed by atoms with E-state index in [0.717, 1.165) is 32.4 Å². The molecule has 1 saturated carbocycles. The van der Waals surface area contributed by atoms with Gasteiger partial charge < -0.3 is 14.6 Å². The molecule has 1 amide bonds. The van der Waals surface area contributed by atoms with Crippen LogP contribution in [-0.2, 0) is 11.3 Å². The lowest BCUT2D eigenvalue weighted by Gasteiger charge is -2.43. The molecule has 23 heavy (non-hydrogen) atoms. The SMILES string of the molecule is CN(C(=O)CCn1ccnc1)[C@@H]1CCC[C@@H](N2CCCC2)[C@@H]1O. The Kier molecular flexibility index (Phi) is 5.33. The molecule has 2 fully saturated rings. The Hall–Kier alpha value is -1.40. The highest BCUT2D eigenvalue weighted by Crippen LogP contribution is 2.29. The molecule has 0 unspecified atom stereocenters. The molecule has 0 bridgehead atoms. The van der Waals surface area contributed by atoms with Gasteiger partial charge in [0.25, 0.3) is 0 Å². The largest absolute Gasteiger partial charge is 0.389 e. The van der Waals surface area contributed by atoms with Crippen molar-refractivity contribution in [3.63, 3.8) is 0 Å². The summed E-state index contributed by atoms with van der Waals surface area (Å²) in [6.07, 6.45) is 10.8. The number of aliphatic hydroxyl groups excluding tert-OH is 1. The number of rotatable bonds is 5. The summed E-state index contributed by atoms with van der Waals surface area (Å²) >= 11 is 0. The summed E-state index contributed by atoms with van der Waals surface area (Å²) in [6, 6.07) is 0.171. The molecule has 0 aromatic carbocycles. The molecule has 1 aromatic rings. The molecule has 6 heteroatoms. The lowest BCUT2D eigenvalue weighted by atomic mass is 9.86. The zero-order valence-electron chi connectivity index (χ0n) is 14.0. The van der Waals surface area contributed by atoms with E-state index in [-0.39, 0.29) is 18.0 Å². The van der Waals surface area contributed by atoms with Crippen LogP contribution in [-0.4, -0.2) is 68.7 Å². The van der Waals surface area contributed by atoms with Crippen molar-refractivity contribution in [2.75, 3.05) is 20.1 Å². The second-order valence-electron chi connectivity index (χ2n) is 6.85. The smallest absolute Gasteiger partial charge is 0.224 e. The van der Waals surface area contributed by atoms with Gasteiger partial charge in [0, 0.05) is 38.4 Å². The number of carbonyl (C=O) groups excluding carboxylic acids is 1. The summed E-state index contributed by atoms with van der Waals surface area (Å²) in [5, 5.41) is 10.8. The predicted octanol–water partition coefficient (Wildman–Crippen LogP) is 1.11. The molecule has 3 atom stereocenters. The van der Waals surface area contributed by atoms with E-state index >= 15 is 0 Å². The summed E-state index contributed by atoms with van der Waals surface area (Å²) in [7, 11) is 1.84. The minimum atomic E-state index is -0.427. The Balaban J connectivity index is 1.56. The van der Waals surface area contributed by atoms with E-state index in [1.165, 1.54) is 12.8 Å². The third-order valence-corrected chi connectivity index (χ3v) is 5.43. The highest BCUT2D eigenvalue weighted by atomic mass is 16.3. The summed E-state index contributed by atoms with van der Waals surface area (Å²) in [5.41, 5.74) is 0. The number of carbonyl (C=O) groups is 1. The number of amides is 1. The molecule has 1 aromatic heterocycles. The Bertz CT molecular complexity index is 499. The van der Waals surface area contributed by atoms with Gasteiger partial charge >= 0.3 is 0 Å². The number of hydrogen-bond donors (Lipinski definition) is 1. The fourth-order valence-corrected chi connectivity index (χ4v) is 4.03. The first kappa shape index (κ1) is 16.5. The highest BCUT2D eigenvalue weighted by molar-refractivity contribution is 5.76. The van der Waals surface area contributed by atoms with Gasteiger partial charge in [-0.1, -0.05) is 0 Å². The van der Waals surface area contributed by atoms with Gasteiger partial charge in [-0.25, -0.2) is 4.98 Å². The van der Waals surface area contributed by atoms with Gasteiger partial charge in [-0.3, -0.25) is 9.69 Å². The summed E-state index contributed by atoms with van der Waals surface area (Å²) in [5.74, 6) is 0.102. The molecule has 128 valence electrons. The Morgan fingerprint density at radius 3 is 2.78 bits per heavy atom. The number of likely N-dealkylation sites (tertiary alicyclic amines) is 1. The van der Waals surface area contributed by atoms with E-state index < -0.39 is 6.10 Å². The fraction of sp³-hybridized carbons (Fsp3) is 0.765. The van der Waals surface area contributed by atoms with Gasteiger partial charge in [-0.2, -0.15) is 0 Å². The number of aromatic nitrogens is 2. The summed E-state index contributed by atoms with van der Waals surface area (Å²) < 4.78 is 1.91. The molecule has 1 aliphatic heterocycles. The van der Waals surface area contributed by atoms with Gasteiger partial charge in [-0.05, 0) is 45.2 Å². The van der Waals surface area contributed by atoms with E-state index in [2.05, 4.69) is 9.88 Å². The van der Waals surface area contributed by atoms with Crippen molar-refractivity contribution in [2.45, 2.75) is 63.3 Å². The van der Waals surface area contributed by atoms with Crippen LogP contribution in [0.25, 0.3) is 0 Å². The van der Waals surface area contributed by atoms with Crippen LogP contribution in [0.5, 0.6) is 0 Å². The van der Waals surface area contributed by atoms with Gasteiger partial charge in [0.15, 0.2) is 0 Å². The molecule has 2 heterocycles. The zero-order valence-corrected chi connectivity index (χ0v) is 14.0. The van der Waals surface area contributed by atoms with Crippen LogP contribution < -0.4 is 0 Å². The van der Waals surface area contributed by atoms with Crippen molar-refractivity contribution in [1.29, 1.82) is 0 Å². The fourth-order valence-electron chi connectivity index (χ4n) is 4.03. The Morgan fingerprint density at radius 2 is 2.09 bits per heavy atom. The molecule has 0 spiro atoms. The topological polar surface area (TPSA) is 61.6 Å². The second-order valence-corrected chi connectivity index (χ2v) is 6.85. The minimum absolute atomic E-state index is 0.0513. The molecule has 1 saturated heterocycles. The molecule has 2 aliphatic rings. The minimum Gasteiger partial charge on any atom is -0.389 e. The molecular weight excluding hydrogens is 292 g/mol. The third kappa shape index (κ3) is 3.75. The third-order valence-electron chi connectivity index (χ3n) is 5.43. The summed E-state index contributed by atoms with van der Waals surface area (Å²) in [4.78, 5) is 20.7. The maximum Gasteiger partial charge on any atom is 0.224 e. The lowest BCUT2D eigenvalue weighted by molar-refractivity contribution is -0.137. The monoisotopic (exact) mass is 320 g/mol. The molecule has 1 N–H and O–H groups in total. The van der Waals surface area contributed by atoms with Crippen LogP contribution >= 0.6 is 0 Å². The van der Waals surface area contributed by atoms with Crippen molar-refractivity contribution in [3.05, 3.63) is 18.7 Å². The van der Waals surface area contributed by atoms with Crippen LogP contribution in [0.1, 0.15) is 38.5 Å². The normalized spacial score (nSPS) is 28.9. The standard InChI is InChI=1S/C17H28N4O2/c1-19(16(22)7-11-20-12-8-18-13-20)14-5-4-6-15(17(14)23)21-9-2-3-10-21/h8,12-15,17,23H,2-7,9-11H2,1H3/t14-,15-,17-/m1/s1. The number of aliphatic hydroxyl groups is 1. The summed E-state index contributed by atoms with van der Waals surface area (Å²) in [6.45, 7) is 2.82. The number of imidazole rings is 1. The molecule has 3 rings (SSSR count). The number of likely N-dealkylation sites (N-methyl/N-ethyl adjacent to an activating group) is 1. The van der Waals surface area contributed by atoms with Crippen LogP contribution in [0.3, 0.4) is 0 Å². The van der Waals surface area contributed by atoms with Crippen molar-refractivity contribution >= 4 is 5.91 Å². The average Bonchev–Trinajstić information content (AvgIpc) is 3.25. The maximum atomic E-state index is 12.5. The van der Waals surface area contributed by atoms with E-state index in [4.69, 9.17) is 0 Å². The van der Waals surface area contributed by atoms with Gasteiger partial charge in [0.1, 0.15) is 0 Å². The first-order chi connectivity index (χ1) is 11.2. The molecular formula is C17H28N4O2. The van der Waals surface area contributed by atoms with Crippen molar-refractivity contribution in [2.24, 2.45) is 0 Å². The van der Waals surface area contributed by atoms with Crippen LogP contribution in [0.4, 0.5) is 0 Å². The van der Waals surface area contributed by atoms with E-state index in [1.54, 1.807) is 17.4 Å². The lowest BCUT2D eigenvalue weighted by Crippen LogP contribution is -2.56. The second kappa shape index (κ2) is 7.45. The van der Waals surface area contributed by atoms with E-state index in [1.807, 2.05) is 17.8 Å². The quantitative estimate of drug-likeness (QED) is 0.883. The zero-order chi connectivity index (χ0) is 16.2. The van der Waals surface area contributed by atoms with Crippen LogP contribution in [0, 0.1) is 0 Å². The van der Waals surface area contributed by atoms with Gasteiger partial charge in [0.2, 0.25) is 5.91 Å². The van der Waals surface area contributed by atoms with Gasteiger partial charge in [0.05, 0.1) is 18.5 Å².